The molecule has 4 nitrogen and oxygen atoms in total. The molecule has 0 spiro atoms. The van der Waals surface area contributed by atoms with E-state index in [-0.39, 0.29) is 17.9 Å². The number of nitrogens with one attached hydrogen (secondary N) is 2. The fraction of sp³-hybridized carbons (Fsp3) is 0.300. The first kappa shape index (κ1) is 21.8. The lowest BCUT2D eigenvalue weighted by Gasteiger charge is -2.10. The first-order chi connectivity index (χ1) is 13.1. The second kappa shape index (κ2) is 9.64. The monoisotopic (exact) mass is 410 g/mol. The molecule has 2 aromatic carbocycles. The van der Waals surface area contributed by atoms with Crippen molar-refractivity contribution in [3.8, 4) is 0 Å². The lowest BCUT2D eigenvalue weighted by Crippen LogP contribution is -2.33. The van der Waals surface area contributed by atoms with E-state index in [4.69, 9.17) is 0 Å². The van der Waals surface area contributed by atoms with E-state index >= 15 is 0 Å². The topological polar surface area (TPSA) is 58.2 Å². The number of carbonyl (C=O) groups excluding carboxylic acids is 2. The zero-order valence-corrected chi connectivity index (χ0v) is 16.3. The molecule has 150 valence electrons. The summed E-state index contributed by atoms with van der Waals surface area (Å²) >= 11 is 1.57. The van der Waals surface area contributed by atoms with Crippen molar-refractivity contribution in [3.63, 3.8) is 0 Å². The van der Waals surface area contributed by atoms with Gasteiger partial charge in [0.2, 0.25) is 5.91 Å². The van der Waals surface area contributed by atoms with Crippen LogP contribution < -0.4 is 10.6 Å². The predicted molar refractivity (Wildman–Crippen MR) is 105 cm³/mol. The van der Waals surface area contributed by atoms with Crippen molar-refractivity contribution in [3.05, 3.63) is 59.2 Å². The number of amides is 2. The van der Waals surface area contributed by atoms with Crippen molar-refractivity contribution in [1.29, 1.82) is 0 Å². The standard InChI is InChI=1S/C20H21F3N2O2S/c1-13-6-7-17(10-14(13)2)28-9-8-18(26)25-16-5-3-4-15(11-16)19(27)24-12-20(21,22)23/h3-7,10-11H,8-9,12H2,1-2H3,(H,24,27)(H,25,26). The number of aryl methyl sites for hydroxylation is 2. The van der Waals surface area contributed by atoms with Gasteiger partial charge in [0.1, 0.15) is 6.54 Å². The van der Waals surface area contributed by atoms with Crippen molar-refractivity contribution in [2.24, 2.45) is 0 Å². The Morgan fingerprint density at radius 1 is 1.04 bits per heavy atom. The molecule has 2 amide bonds. The fourth-order valence-corrected chi connectivity index (χ4v) is 3.26. The van der Waals surface area contributed by atoms with E-state index in [1.165, 1.54) is 29.3 Å². The van der Waals surface area contributed by atoms with E-state index in [1.54, 1.807) is 23.1 Å². The van der Waals surface area contributed by atoms with Gasteiger partial charge in [0.15, 0.2) is 0 Å². The number of halogens is 3. The molecular formula is C20H21F3N2O2S. The summed E-state index contributed by atoms with van der Waals surface area (Å²) in [5.74, 6) is -0.497. The van der Waals surface area contributed by atoms with Gasteiger partial charge in [-0.15, -0.1) is 11.8 Å². The summed E-state index contributed by atoms with van der Waals surface area (Å²) in [5, 5.41) is 4.46. The maximum Gasteiger partial charge on any atom is 0.405 e. The minimum Gasteiger partial charge on any atom is -0.343 e. The van der Waals surface area contributed by atoms with E-state index < -0.39 is 18.6 Å². The third-order valence-corrected chi connectivity index (χ3v) is 4.93. The largest absolute Gasteiger partial charge is 0.405 e. The van der Waals surface area contributed by atoms with E-state index in [2.05, 4.69) is 11.4 Å². The molecule has 0 aromatic heterocycles. The molecule has 2 N–H and O–H groups in total. The Kier molecular flexibility index (Phi) is 7.51. The highest BCUT2D eigenvalue weighted by Crippen LogP contribution is 2.22. The van der Waals surface area contributed by atoms with Crippen LogP contribution in [0.3, 0.4) is 0 Å². The van der Waals surface area contributed by atoms with E-state index in [0.717, 1.165) is 4.90 Å². The van der Waals surface area contributed by atoms with Crippen molar-refractivity contribution in [1.82, 2.24) is 5.32 Å². The predicted octanol–water partition coefficient (Wildman–Crippen LogP) is 4.72. The lowest BCUT2D eigenvalue weighted by atomic mass is 10.1. The molecule has 0 saturated heterocycles. The molecule has 0 radical (unpaired) electrons. The van der Waals surface area contributed by atoms with Crippen LogP contribution in [-0.2, 0) is 4.79 Å². The Morgan fingerprint density at radius 3 is 2.46 bits per heavy atom. The van der Waals surface area contributed by atoms with E-state index in [0.29, 0.717) is 11.4 Å². The summed E-state index contributed by atoms with van der Waals surface area (Å²) in [5.41, 5.74) is 2.81. The van der Waals surface area contributed by atoms with Crippen LogP contribution in [-0.4, -0.2) is 30.3 Å². The van der Waals surface area contributed by atoms with Gasteiger partial charge in [-0.2, -0.15) is 13.2 Å². The van der Waals surface area contributed by atoms with Crippen LogP contribution >= 0.6 is 11.8 Å². The van der Waals surface area contributed by atoms with Gasteiger partial charge in [-0.05, 0) is 55.3 Å². The molecule has 0 saturated carbocycles. The maximum atomic E-state index is 12.2. The molecule has 8 heteroatoms. The van der Waals surface area contributed by atoms with Gasteiger partial charge >= 0.3 is 6.18 Å². The summed E-state index contributed by atoms with van der Waals surface area (Å²) in [7, 11) is 0. The van der Waals surface area contributed by atoms with Crippen LogP contribution in [0.15, 0.2) is 47.4 Å². The van der Waals surface area contributed by atoms with Gasteiger partial charge in [0, 0.05) is 28.3 Å². The highest BCUT2D eigenvalue weighted by atomic mass is 32.2. The Bertz CT molecular complexity index is 854. The first-order valence-corrected chi connectivity index (χ1v) is 9.57. The molecule has 2 aromatic rings. The smallest absolute Gasteiger partial charge is 0.343 e. The Balaban J connectivity index is 1.84. The van der Waals surface area contributed by atoms with Crippen molar-refractivity contribution < 1.29 is 22.8 Å². The van der Waals surface area contributed by atoms with Crippen LogP contribution in [0.25, 0.3) is 0 Å². The molecule has 0 fully saturated rings. The number of rotatable bonds is 7. The van der Waals surface area contributed by atoms with Crippen LogP contribution in [0, 0.1) is 13.8 Å². The molecule has 0 atom stereocenters. The first-order valence-electron chi connectivity index (χ1n) is 8.59. The molecule has 28 heavy (non-hydrogen) atoms. The molecule has 0 unspecified atom stereocenters. The van der Waals surface area contributed by atoms with Gasteiger partial charge in [-0.1, -0.05) is 12.1 Å². The molecular weight excluding hydrogens is 389 g/mol. The summed E-state index contributed by atoms with van der Waals surface area (Å²) in [6.07, 6.45) is -4.21. The van der Waals surface area contributed by atoms with Gasteiger partial charge in [-0.25, -0.2) is 0 Å². The van der Waals surface area contributed by atoms with Crippen molar-refractivity contribution in [2.45, 2.75) is 31.3 Å². The highest BCUT2D eigenvalue weighted by Gasteiger charge is 2.27. The zero-order chi connectivity index (χ0) is 20.7. The zero-order valence-electron chi connectivity index (χ0n) is 15.5. The number of anilines is 1. The maximum absolute atomic E-state index is 12.2. The van der Waals surface area contributed by atoms with Crippen molar-refractivity contribution >= 4 is 29.3 Å². The SMILES string of the molecule is Cc1ccc(SCCC(=O)Nc2cccc(C(=O)NCC(F)(F)F)c2)cc1C. The summed E-state index contributed by atoms with van der Waals surface area (Å²) in [6, 6.07) is 11.9. The second-order valence-electron chi connectivity index (χ2n) is 6.27. The fourth-order valence-electron chi connectivity index (χ4n) is 2.31. The van der Waals surface area contributed by atoms with Gasteiger partial charge in [0.05, 0.1) is 0 Å². The number of thioether (sulfide) groups is 1. The van der Waals surface area contributed by atoms with E-state index in [9.17, 15) is 22.8 Å². The summed E-state index contributed by atoms with van der Waals surface area (Å²) in [4.78, 5) is 25.0. The average Bonchev–Trinajstić information content (AvgIpc) is 2.62. The molecule has 0 aliphatic heterocycles. The summed E-state index contributed by atoms with van der Waals surface area (Å²) in [6.45, 7) is 2.66. The molecule has 0 aliphatic rings. The van der Waals surface area contributed by atoms with Crippen LogP contribution in [0.5, 0.6) is 0 Å². The second-order valence-corrected chi connectivity index (χ2v) is 7.44. The number of benzene rings is 2. The number of hydrogen-bond donors (Lipinski definition) is 2. The van der Waals surface area contributed by atoms with E-state index in [1.807, 2.05) is 26.0 Å². The quantitative estimate of drug-likeness (QED) is 0.650. The Morgan fingerprint density at radius 2 is 1.79 bits per heavy atom. The average molecular weight is 410 g/mol. The van der Waals surface area contributed by atoms with Crippen LogP contribution in [0.4, 0.5) is 18.9 Å². The Hall–Kier alpha value is -2.48. The van der Waals surface area contributed by atoms with Crippen LogP contribution in [0.1, 0.15) is 27.9 Å². The van der Waals surface area contributed by atoms with Crippen molar-refractivity contribution in [2.75, 3.05) is 17.6 Å². The number of alkyl halides is 3. The lowest BCUT2D eigenvalue weighted by molar-refractivity contribution is -0.123. The normalized spacial score (nSPS) is 11.2. The summed E-state index contributed by atoms with van der Waals surface area (Å²) < 4.78 is 36.6. The number of carbonyl (C=O) groups is 2. The molecule has 0 heterocycles. The number of hydrogen-bond acceptors (Lipinski definition) is 3. The Labute approximate surface area is 165 Å². The van der Waals surface area contributed by atoms with Gasteiger partial charge < -0.3 is 10.6 Å². The van der Waals surface area contributed by atoms with Crippen LogP contribution in [0.2, 0.25) is 0 Å². The third kappa shape index (κ3) is 7.26. The molecule has 2 rings (SSSR count). The minimum atomic E-state index is -4.48. The van der Waals surface area contributed by atoms with Gasteiger partial charge in [0.25, 0.3) is 5.91 Å². The van der Waals surface area contributed by atoms with Gasteiger partial charge in [-0.3, -0.25) is 9.59 Å². The molecule has 0 bridgehead atoms. The minimum absolute atomic E-state index is 0.0477. The molecule has 0 aliphatic carbocycles. The third-order valence-electron chi connectivity index (χ3n) is 3.93. The highest BCUT2D eigenvalue weighted by molar-refractivity contribution is 7.99.